The first kappa shape index (κ1) is 11.8. The van der Waals surface area contributed by atoms with Crippen molar-refractivity contribution in [1.29, 1.82) is 0 Å². The standard InChI is InChI=1S/C9H12N4O3S/c1-3-17(14,15)5-8-10-9(16-13-8)7-4-6(2)11-12-7/h4H,3,5H2,1-2H3,(H,11,12). The maximum Gasteiger partial charge on any atom is 0.278 e. The van der Waals surface area contributed by atoms with E-state index in [0.29, 0.717) is 5.69 Å². The van der Waals surface area contributed by atoms with Crippen LogP contribution in [0.5, 0.6) is 0 Å². The van der Waals surface area contributed by atoms with Crippen molar-refractivity contribution in [2.75, 3.05) is 5.75 Å². The number of nitrogens with one attached hydrogen (secondary N) is 1. The number of aromatic amines is 1. The summed E-state index contributed by atoms with van der Waals surface area (Å²) in [6.45, 7) is 3.42. The van der Waals surface area contributed by atoms with Crippen molar-refractivity contribution in [3.05, 3.63) is 17.6 Å². The third-order valence-electron chi connectivity index (χ3n) is 2.18. The Balaban J connectivity index is 2.22. The van der Waals surface area contributed by atoms with E-state index in [1.165, 1.54) is 0 Å². The lowest BCUT2D eigenvalue weighted by atomic mass is 10.4. The number of aryl methyl sites for hydroxylation is 1. The molecule has 0 aliphatic carbocycles. The molecule has 0 atom stereocenters. The van der Waals surface area contributed by atoms with Gasteiger partial charge in [0.05, 0.1) is 0 Å². The Morgan fingerprint density at radius 3 is 2.82 bits per heavy atom. The van der Waals surface area contributed by atoms with E-state index >= 15 is 0 Å². The Morgan fingerprint density at radius 1 is 1.47 bits per heavy atom. The van der Waals surface area contributed by atoms with Gasteiger partial charge >= 0.3 is 0 Å². The number of rotatable bonds is 4. The molecule has 0 spiro atoms. The Bertz CT molecular complexity index is 614. The first-order valence-corrected chi connectivity index (χ1v) is 6.87. The molecule has 92 valence electrons. The minimum atomic E-state index is -3.15. The minimum absolute atomic E-state index is 0.0540. The van der Waals surface area contributed by atoms with Gasteiger partial charge < -0.3 is 4.52 Å². The van der Waals surface area contributed by atoms with Crippen LogP contribution in [0.1, 0.15) is 18.4 Å². The average Bonchev–Trinajstić information content (AvgIpc) is 2.86. The van der Waals surface area contributed by atoms with Crippen LogP contribution in [-0.4, -0.2) is 34.5 Å². The Kier molecular flexibility index (Phi) is 2.97. The van der Waals surface area contributed by atoms with E-state index in [-0.39, 0.29) is 23.2 Å². The van der Waals surface area contributed by atoms with Crippen LogP contribution in [0.3, 0.4) is 0 Å². The summed E-state index contributed by atoms with van der Waals surface area (Å²) in [7, 11) is -3.15. The van der Waals surface area contributed by atoms with Crippen LogP contribution in [0.2, 0.25) is 0 Å². The van der Waals surface area contributed by atoms with Gasteiger partial charge in [0.25, 0.3) is 5.89 Å². The second kappa shape index (κ2) is 4.28. The summed E-state index contributed by atoms with van der Waals surface area (Å²) in [5, 5.41) is 10.3. The van der Waals surface area contributed by atoms with Gasteiger partial charge in [-0.3, -0.25) is 5.10 Å². The molecule has 0 aliphatic heterocycles. The summed E-state index contributed by atoms with van der Waals surface area (Å²) in [5.74, 6) is 0.215. The lowest BCUT2D eigenvalue weighted by Gasteiger charge is -1.93. The van der Waals surface area contributed by atoms with Crippen molar-refractivity contribution < 1.29 is 12.9 Å². The molecule has 2 aromatic heterocycles. The highest BCUT2D eigenvalue weighted by atomic mass is 32.2. The minimum Gasteiger partial charge on any atom is -0.332 e. The van der Waals surface area contributed by atoms with Crippen LogP contribution < -0.4 is 0 Å². The van der Waals surface area contributed by atoms with E-state index in [4.69, 9.17) is 4.52 Å². The van der Waals surface area contributed by atoms with Gasteiger partial charge in [0.2, 0.25) is 0 Å². The Hall–Kier alpha value is -1.70. The molecule has 17 heavy (non-hydrogen) atoms. The Morgan fingerprint density at radius 2 is 2.24 bits per heavy atom. The summed E-state index contributed by atoms with van der Waals surface area (Å²) >= 11 is 0. The third-order valence-corrected chi connectivity index (χ3v) is 3.76. The highest BCUT2D eigenvalue weighted by Crippen LogP contribution is 2.15. The number of sulfone groups is 1. The summed E-state index contributed by atoms with van der Waals surface area (Å²) < 4.78 is 27.7. The summed E-state index contributed by atoms with van der Waals surface area (Å²) in [4.78, 5) is 3.99. The van der Waals surface area contributed by atoms with Crippen molar-refractivity contribution in [3.8, 4) is 11.6 Å². The molecular formula is C9H12N4O3S. The number of hydrogen-bond donors (Lipinski definition) is 1. The quantitative estimate of drug-likeness (QED) is 0.864. The summed E-state index contributed by atoms with van der Waals surface area (Å²) in [6, 6.07) is 1.74. The van der Waals surface area contributed by atoms with Crippen molar-refractivity contribution in [3.63, 3.8) is 0 Å². The monoisotopic (exact) mass is 256 g/mol. The molecule has 0 aromatic carbocycles. The van der Waals surface area contributed by atoms with Gasteiger partial charge in [0.15, 0.2) is 21.4 Å². The van der Waals surface area contributed by atoms with Gasteiger partial charge in [0, 0.05) is 11.4 Å². The molecular weight excluding hydrogens is 244 g/mol. The molecule has 0 radical (unpaired) electrons. The van der Waals surface area contributed by atoms with E-state index in [1.807, 2.05) is 6.92 Å². The molecule has 0 aliphatic rings. The maximum atomic E-state index is 11.4. The molecule has 7 nitrogen and oxygen atoms in total. The molecule has 0 fully saturated rings. The van der Waals surface area contributed by atoms with E-state index < -0.39 is 9.84 Å². The van der Waals surface area contributed by atoms with Crippen LogP contribution in [0.15, 0.2) is 10.6 Å². The van der Waals surface area contributed by atoms with E-state index in [0.717, 1.165) is 5.69 Å². The van der Waals surface area contributed by atoms with Crippen LogP contribution in [-0.2, 0) is 15.6 Å². The topological polar surface area (TPSA) is 102 Å². The number of nitrogens with zero attached hydrogens (tertiary/aromatic N) is 3. The van der Waals surface area contributed by atoms with Gasteiger partial charge in [0.1, 0.15) is 5.75 Å². The second-order valence-electron chi connectivity index (χ2n) is 3.63. The number of H-pyrrole nitrogens is 1. The molecule has 0 bridgehead atoms. The fraction of sp³-hybridized carbons (Fsp3) is 0.444. The van der Waals surface area contributed by atoms with E-state index in [9.17, 15) is 8.42 Å². The van der Waals surface area contributed by atoms with E-state index in [1.54, 1.807) is 13.0 Å². The summed E-state index contributed by atoms with van der Waals surface area (Å²) in [5.41, 5.74) is 1.37. The van der Waals surface area contributed by atoms with Gasteiger partial charge in [-0.05, 0) is 13.0 Å². The van der Waals surface area contributed by atoms with Crippen LogP contribution in [0.25, 0.3) is 11.6 Å². The first-order chi connectivity index (χ1) is 8.00. The molecule has 2 heterocycles. The second-order valence-corrected chi connectivity index (χ2v) is 5.98. The SMILES string of the molecule is CCS(=O)(=O)Cc1noc(-c2cc(C)[nH]n2)n1. The normalized spacial score (nSPS) is 11.9. The molecule has 0 saturated carbocycles. The predicted octanol–water partition coefficient (Wildman–Crippen LogP) is 0.703. The van der Waals surface area contributed by atoms with Crippen LogP contribution >= 0.6 is 0 Å². The fourth-order valence-corrected chi connectivity index (χ4v) is 1.96. The molecule has 2 aromatic rings. The highest BCUT2D eigenvalue weighted by molar-refractivity contribution is 7.90. The average molecular weight is 256 g/mol. The van der Waals surface area contributed by atoms with Crippen molar-refractivity contribution in [2.24, 2.45) is 0 Å². The molecule has 0 unspecified atom stereocenters. The van der Waals surface area contributed by atoms with Gasteiger partial charge in [-0.25, -0.2) is 8.42 Å². The Labute approximate surface area is 98.2 Å². The first-order valence-electron chi connectivity index (χ1n) is 5.05. The fourth-order valence-electron chi connectivity index (χ4n) is 1.24. The highest BCUT2D eigenvalue weighted by Gasteiger charge is 2.16. The number of hydrogen-bond acceptors (Lipinski definition) is 6. The zero-order valence-corrected chi connectivity index (χ0v) is 10.3. The lowest BCUT2D eigenvalue weighted by Crippen LogP contribution is -2.07. The zero-order chi connectivity index (χ0) is 12.5. The molecule has 0 amide bonds. The largest absolute Gasteiger partial charge is 0.332 e. The van der Waals surface area contributed by atoms with Gasteiger partial charge in [-0.1, -0.05) is 12.1 Å². The number of aromatic nitrogens is 4. The van der Waals surface area contributed by atoms with Crippen molar-refractivity contribution in [1.82, 2.24) is 20.3 Å². The van der Waals surface area contributed by atoms with Gasteiger partial charge in [-0.2, -0.15) is 10.1 Å². The lowest BCUT2D eigenvalue weighted by molar-refractivity contribution is 0.423. The molecule has 2 rings (SSSR count). The summed E-state index contributed by atoms with van der Waals surface area (Å²) in [6.07, 6.45) is 0. The van der Waals surface area contributed by atoms with E-state index in [2.05, 4.69) is 20.3 Å². The van der Waals surface area contributed by atoms with Crippen LogP contribution in [0.4, 0.5) is 0 Å². The predicted molar refractivity (Wildman–Crippen MR) is 59.8 cm³/mol. The van der Waals surface area contributed by atoms with Crippen molar-refractivity contribution >= 4 is 9.84 Å². The molecule has 1 N–H and O–H groups in total. The van der Waals surface area contributed by atoms with Gasteiger partial charge in [-0.15, -0.1) is 0 Å². The maximum absolute atomic E-state index is 11.4. The third kappa shape index (κ3) is 2.70. The molecule has 0 saturated heterocycles. The smallest absolute Gasteiger partial charge is 0.278 e. The van der Waals surface area contributed by atoms with Crippen LogP contribution in [0, 0.1) is 6.92 Å². The van der Waals surface area contributed by atoms with Crippen molar-refractivity contribution in [2.45, 2.75) is 19.6 Å². The molecule has 8 heteroatoms. The zero-order valence-electron chi connectivity index (χ0n) is 9.47.